The van der Waals surface area contributed by atoms with E-state index in [0.29, 0.717) is 5.69 Å². The maximum absolute atomic E-state index is 11.0. The fraction of sp³-hybridized carbons (Fsp3) is 0.364. The van der Waals surface area contributed by atoms with Gasteiger partial charge in [0.25, 0.3) is 5.69 Å². The highest BCUT2D eigenvalue weighted by Gasteiger charge is 2.22. The Labute approximate surface area is 109 Å². The second-order valence-corrected chi connectivity index (χ2v) is 4.53. The lowest BCUT2D eigenvalue weighted by Crippen LogP contribution is -2.34. The zero-order valence-electron chi connectivity index (χ0n) is 9.88. The average molecular weight is 273 g/mol. The van der Waals surface area contributed by atoms with Gasteiger partial charge in [0.1, 0.15) is 11.1 Å². The molecule has 0 aliphatic rings. The van der Waals surface area contributed by atoms with Crippen LogP contribution in [0.4, 0.5) is 11.4 Å². The van der Waals surface area contributed by atoms with Crippen LogP contribution in [0.2, 0.25) is 5.02 Å². The maximum atomic E-state index is 11.0. The molecule has 0 aliphatic carbocycles. The van der Waals surface area contributed by atoms with Crippen LogP contribution >= 0.6 is 11.6 Å². The Kier molecular flexibility index (Phi) is 4.49. The summed E-state index contributed by atoms with van der Waals surface area (Å²) in [6.07, 6.45) is 0. The van der Waals surface area contributed by atoms with Crippen molar-refractivity contribution in [1.82, 2.24) is 0 Å². The number of hydrogen-bond acceptors (Lipinski definition) is 4. The van der Waals surface area contributed by atoms with E-state index in [1.165, 1.54) is 18.2 Å². The second-order valence-electron chi connectivity index (χ2n) is 4.13. The fourth-order valence-corrected chi connectivity index (χ4v) is 1.62. The van der Waals surface area contributed by atoms with Crippen LogP contribution in [0.1, 0.15) is 13.8 Å². The lowest BCUT2D eigenvalue weighted by atomic mass is 10.0. The van der Waals surface area contributed by atoms with Crippen molar-refractivity contribution in [2.75, 3.05) is 5.32 Å². The van der Waals surface area contributed by atoms with Crippen molar-refractivity contribution in [3.63, 3.8) is 0 Å². The first-order valence-electron chi connectivity index (χ1n) is 5.26. The van der Waals surface area contributed by atoms with Crippen LogP contribution in [0, 0.1) is 16.0 Å². The molecule has 1 rings (SSSR count). The summed E-state index contributed by atoms with van der Waals surface area (Å²) in [6, 6.07) is 3.28. The molecule has 1 atom stereocenters. The molecule has 0 heterocycles. The van der Waals surface area contributed by atoms with Gasteiger partial charge in [-0.3, -0.25) is 10.1 Å². The maximum Gasteiger partial charge on any atom is 0.326 e. The molecule has 2 N–H and O–H groups in total. The minimum absolute atomic E-state index is 0.0157. The van der Waals surface area contributed by atoms with Crippen molar-refractivity contribution in [1.29, 1.82) is 0 Å². The fourth-order valence-electron chi connectivity index (χ4n) is 1.44. The summed E-state index contributed by atoms with van der Waals surface area (Å²) in [5.41, 5.74) is 0.0989. The first-order chi connectivity index (χ1) is 8.32. The van der Waals surface area contributed by atoms with E-state index in [0.717, 1.165) is 0 Å². The van der Waals surface area contributed by atoms with Gasteiger partial charge in [0.15, 0.2) is 0 Å². The summed E-state index contributed by atoms with van der Waals surface area (Å²) in [5.74, 6) is -1.17. The summed E-state index contributed by atoms with van der Waals surface area (Å²) in [6.45, 7) is 3.49. The number of halogens is 1. The normalized spacial score (nSPS) is 12.2. The van der Waals surface area contributed by atoms with Crippen LogP contribution in [0.25, 0.3) is 0 Å². The molecule has 0 aliphatic heterocycles. The Morgan fingerprint density at radius 2 is 2.11 bits per heavy atom. The number of nitro groups is 1. The minimum Gasteiger partial charge on any atom is -0.480 e. The molecular weight excluding hydrogens is 260 g/mol. The first kappa shape index (κ1) is 14.2. The van der Waals surface area contributed by atoms with Gasteiger partial charge in [0.05, 0.1) is 4.92 Å². The molecule has 7 heteroatoms. The largest absolute Gasteiger partial charge is 0.480 e. The van der Waals surface area contributed by atoms with E-state index < -0.39 is 16.9 Å². The quantitative estimate of drug-likeness (QED) is 0.635. The summed E-state index contributed by atoms with van der Waals surface area (Å²) in [5, 5.41) is 22.5. The van der Waals surface area contributed by atoms with Gasteiger partial charge in [-0.15, -0.1) is 0 Å². The van der Waals surface area contributed by atoms with Crippen LogP contribution in [-0.2, 0) is 4.79 Å². The van der Waals surface area contributed by atoms with Gasteiger partial charge in [0, 0.05) is 11.8 Å². The molecule has 0 saturated heterocycles. The van der Waals surface area contributed by atoms with Gasteiger partial charge in [-0.1, -0.05) is 25.4 Å². The number of nitro benzene ring substituents is 1. The smallest absolute Gasteiger partial charge is 0.326 e. The summed E-state index contributed by atoms with van der Waals surface area (Å²) in [7, 11) is 0. The van der Waals surface area contributed by atoms with E-state index >= 15 is 0 Å². The molecule has 18 heavy (non-hydrogen) atoms. The molecule has 1 aromatic rings. The number of anilines is 1. The van der Waals surface area contributed by atoms with Gasteiger partial charge in [0.2, 0.25) is 0 Å². The number of aliphatic carboxylic acids is 1. The Balaban J connectivity index is 3.01. The molecule has 0 saturated carbocycles. The molecular formula is C11H13ClN2O4. The molecule has 1 unspecified atom stereocenters. The molecule has 0 amide bonds. The lowest BCUT2D eigenvalue weighted by molar-refractivity contribution is -0.384. The molecule has 0 fully saturated rings. The lowest BCUT2D eigenvalue weighted by Gasteiger charge is -2.19. The van der Waals surface area contributed by atoms with Crippen molar-refractivity contribution in [2.24, 2.45) is 5.92 Å². The minimum atomic E-state index is -1.01. The Morgan fingerprint density at radius 1 is 1.50 bits per heavy atom. The van der Waals surface area contributed by atoms with Crippen LogP contribution < -0.4 is 5.32 Å². The number of carboxylic acid groups (broad SMARTS) is 1. The second kappa shape index (κ2) is 5.68. The van der Waals surface area contributed by atoms with Crippen molar-refractivity contribution < 1.29 is 14.8 Å². The molecule has 0 radical (unpaired) electrons. The molecule has 6 nitrogen and oxygen atoms in total. The van der Waals surface area contributed by atoms with Gasteiger partial charge < -0.3 is 10.4 Å². The van der Waals surface area contributed by atoms with Crippen LogP contribution in [-0.4, -0.2) is 22.0 Å². The highest BCUT2D eigenvalue weighted by molar-refractivity contribution is 6.32. The Bertz CT molecular complexity index is 476. The number of nitrogens with one attached hydrogen (secondary N) is 1. The summed E-state index contributed by atoms with van der Waals surface area (Å²) in [4.78, 5) is 21.1. The number of benzene rings is 1. The van der Waals surface area contributed by atoms with Crippen LogP contribution in [0.5, 0.6) is 0 Å². The summed E-state index contributed by atoms with van der Waals surface area (Å²) < 4.78 is 0. The SMILES string of the molecule is CC(C)C(Nc1ccc(Cl)c([N+](=O)[O-])c1)C(=O)O. The van der Waals surface area contributed by atoms with E-state index in [4.69, 9.17) is 16.7 Å². The molecule has 0 bridgehead atoms. The third kappa shape index (κ3) is 3.33. The zero-order chi connectivity index (χ0) is 13.9. The number of hydrogen-bond donors (Lipinski definition) is 2. The van der Waals surface area contributed by atoms with Crippen molar-refractivity contribution >= 4 is 28.9 Å². The molecule has 98 valence electrons. The third-order valence-electron chi connectivity index (χ3n) is 2.40. The monoisotopic (exact) mass is 272 g/mol. The zero-order valence-corrected chi connectivity index (χ0v) is 10.6. The van der Waals surface area contributed by atoms with E-state index in [1.54, 1.807) is 13.8 Å². The van der Waals surface area contributed by atoms with E-state index in [1.807, 2.05) is 0 Å². The van der Waals surface area contributed by atoms with Gasteiger partial charge in [-0.2, -0.15) is 0 Å². The average Bonchev–Trinajstić information content (AvgIpc) is 2.26. The molecule has 0 spiro atoms. The predicted molar refractivity (Wildman–Crippen MR) is 68.0 cm³/mol. The van der Waals surface area contributed by atoms with Gasteiger partial charge in [-0.05, 0) is 18.1 Å². The number of nitrogens with zero attached hydrogens (tertiary/aromatic N) is 1. The predicted octanol–water partition coefficient (Wildman–Crippen LogP) is 2.77. The molecule has 1 aromatic carbocycles. The van der Waals surface area contributed by atoms with Crippen molar-refractivity contribution in [2.45, 2.75) is 19.9 Å². The van der Waals surface area contributed by atoms with Crippen molar-refractivity contribution in [3.8, 4) is 0 Å². The molecule has 0 aromatic heterocycles. The summed E-state index contributed by atoms with van der Waals surface area (Å²) >= 11 is 5.67. The van der Waals surface area contributed by atoms with Gasteiger partial charge >= 0.3 is 5.97 Å². The van der Waals surface area contributed by atoms with E-state index in [9.17, 15) is 14.9 Å². The highest BCUT2D eigenvalue weighted by Crippen LogP contribution is 2.28. The third-order valence-corrected chi connectivity index (χ3v) is 2.72. The Morgan fingerprint density at radius 3 is 2.56 bits per heavy atom. The number of rotatable bonds is 5. The Hall–Kier alpha value is -1.82. The van der Waals surface area contributed by atoms with Crippen molar-refractivity contribution in [3.05, 3.63) is 33.3 Å². The van der Waals surface area contributed by atoms with Crippen LogP contribution in [0.3, 0.4) is 0 Å². The topological polar surface area (TPSA) is 92.5 Å². The first-order valence-corrected chi connectivity index (χ1v) is 5.64. The van der Waals surface area contributed by atoms with E-state index in [-0.39, 0.29) is 16.6 Å². The van der Waals surface area contributed by atoms with Crippen LogP contribution in [0.15, 0.2) is 18.2 Å². The number of carbonyl (C=O) groups is 1. The highest BCUT2D eigenvalue weighted by atomic mass is 35.5. The van der Waals surface area contributed by atoms with Gasteiger partial charge in [-0.25, -0.2) is 4.79 Å². The standard InChI is InChI=1S/C11H13ClN2O4/c1-6(2)10(11(15)16)13-7-3-4-8(12)9(5-7)14(17)18/h3-6,10,13H,1-2H3,(H,15,16). The van der Waals surface area contributed by atoms with E-state index in [2.05, 4.69) is 5.32 Å². The number of carboxylic acids is 1.